The van der Waals surface area contributed by atoms with Gasteiger partial charge in [-0.3, -0.25) is 0 Å². The smallest absolute Gasteiger partial charge is 0.156 e. The Balaban J connectivity index is 1.42. The molecule has 0 aliphatic carbocycles. The van der Waals surface area contributed by atoms with E-state index < -0.39 is 0 Å². The molecule has 6 heteroatoms. The van der Waals surface area contributed by atoms with Gasteiger partial charge < -0.3 is 14.4 Å². The average Bonchev–Trinajstić information content (AvgIpc) is 3.33. The maximum Gasteiger partial charge on any atom is 0.156 e. The molecule has 3 aliphatic heterocycles. The minimum atomic E-state index is 0.402. The van der Waals surface area contributed by atoms with Crippen LogP contribution in [0.3, 0.4) is 0 Å². The normalized spacial score (nSPS) is 27.2. The third kappa shape index (κ3) is 3.91. The van der Waals surface area contributed by atoms with Crippen LogP contribution in [0.25, 0.3) is 0 Å². The molecule has 0 spiro atoms. The Morgan fingerprint density at radius 2 is 1.72 bits per heavy atom. The lowest BCUT2D eigenvalue weighted by Crippen LogP contribution is -2.44. The highest BCUT2D eigenvalue weighted by atomic mass is 16.5. The molecule has 3 aliphatic rings. The van der Waals surface area contributed by atoms with Crippen LogP contribution in [-0.2, 0) is 16.0 Å². The van der Waals surface area contributed by atoms with Gasteiger partial charge in [0, 0.05) is 44.2 Å². The predicted octanol–water partition coefficient (Wildman–Crippen LogP) is 2.55. The molecule has 3 saturated heterocycles. The molecule has 4 rings (SSSR count). The quantitative estimate of drug-likeness (QED) is 0.818. The second-order valence-corrected chi connectivity index (χ2v) is 7.77. The third-order valence-corrected chi connectivity index (χ3v) is 6.05. The number of rotatable bonds is 5. The molecule has 0 bridgehead atoms. The summed E-state index contributed by atoms with van der Waals surface area (Å²) in [6.07, 6.45) is 6.99. The molecular weight excluding hydrogens is 316 g/mol. The SMILES string of the molecule is CCCn1nc([C@H]2CCOC2)nc1C1CCN(C2CCOCC2)CC1. The number of aromatic nitrogens is 3. The molecule has 25 heavy (non-hydrogen) atoms. The fourth-order valence-electron chi connectivity index (χ4n) is 4.53. The van der Waals surface area contributed by atoms with E-state index in [0.717, 1.165) is 57.7 Å². The summed E-state index contributed by atoms with van der Waals surface area (Å²) in [5.41, 5.74) is 0. The van der Waals surface area contributed by atoms with Crippen molar-refractivity contribution in [1.82, 2.24) is 19.7 Å². The first-order valence-corrected chi connectivity index (χ1v) is 10.2. The molecule has 0 N–H and O–H groups in total. The van der Waals surface area contributed by atoms with E-state index in [1.165, 1.54) is 44.6 Å². The van der Waals surface area contributed by atoms with Crippen molar-refractivity contribution in [3.63, 3.8) is 0 Å². The van der Waals surface area contributed by atoms with Gasteiger partial charge in [0.25, 0.3) is 0 Å². The van der Waals surface area contributed by atoms with Crippen molar-refractivity contribution in [2.45, 2.75) is 69.9 Å². The molecule has 0 amide bonds. The number of hydrogen-bond acceptors (Lipinski definition) is 5. The van der Waals surface area contributed by atoms with Gasteiger partial charge in [0.05, 0.1) is 6.61 Å². The highest BCUT2D eigenvalue weighted by Gasteiger charge is 2.31. The molecular formula is C19H32N4O2. The molecule has 6 nitrogen and oxygen atoms in total. The van der Waals surface area contributed by atoms with Crippen molar-refractivity contribution in [2.24, 2.45) is 0 Å². The molecule has 140 valence electrons. The molecule has 1 aromatic rings. The Morgan fingerprint density at radius 1 is 0.960 bits per heavy atom. The van der Waals surface area contributed by atoms with Crippen LogP contribution < -0.4 is 0 Å². The van der Waals surface area contributed by atoms with Crippen LogP contribution in [0.1, 0.15) is 68.9 Å². The first-order valence-electron chi connectivity index (χ1n) is 10.2. The van der Waals surface area contributed by atoms with Crippen molar-refractivity contribution in [3.8, 4) is 0 Å². The number of aryl methyl sites for hydroxylation is 1. The van der Waals surface area contributed by atoms with Crippen LogP contribution in [0.2, 0.25) is 0 Å². The highest BCUT2D eigenvalue weighted by Crippen LogP contribution is 2.31. The second-order valence-electron chi connectivity index (χ2n) is 7.77. The summed E-state index contributed by atoms with van der Waals surface area (Å²) < 4.78 is 13.3. The Morgan fingerprint density at radius 3 is 2.40 bits per heavy atom. The fraction of sp³-hybridized carbons (Fsp3) is 0.895. The Kier molecular flexibility index (Phi) is 5.68. The van der Waals surface area contributed by atoms with Gasteiger partial charge in [-0.1, -0.05) is 6.92 Å². The summed E-state index contributed by atoms with van der Waals surface area (Å²) >= 11 is 0. The van der Waals surface area contributed by atoms with E-state index in [0.29, 0.717) is 11.8 Å². The van der Waals surface area contributed by atoms with Gasteiger partial charge >= 0.3 is 0 Å². The largest absolute Gasteiger partial charge is 0.381 e. The Hall–Kier alpha value is -0.980. The average molecular weight is 348 g/mol. The maximum atomic E-state index is 5.54. The minimum absolute atomic E-state index is 0.402. The van der Waals surface area contributed by atoms with E-state index in [4.69, 9.17) is 19.6 Å². The number of nitrogens with zero attached hydrogens (tertiary/aromatic N) is 4. The van der Waals surface area contributed by atoms with Crippen molar-refractivity contribution < 1.29 is 9.47 Å². The second kappa shape index (κ2) is 8.14. The summed E-state index contributed by atoms with van der Waals surface area (Å²) in [7, 11) is 0. The summed E-state index contributed by atoms with van der Waals surface area (Å²) in [5, 5.41) is 4.86. The third-order valence-electron chi connectivity index (χ3n) is 6.05. The molecule has 0 saturated carbocycles. The van der Waals surface area contributed by atoms with Crippen LogP contribution in [0.15, 0.2) is 0 Å². The zero-order chi connectivity index (χ0) is 17.1. The van der Waals surface area contributed by atoms with Crippen LogP contribution >= 0.6 is 0 Å². The molecule has 1 atom stereocenters. The number of likely N-dealkylation sites (tertiary alicyclic amines) is 1. The molecule has 3 fully saturated rings. The summed E-state index contributed by atoms with van der Waals surface area (Å²) in [4.78, 5) is 7.69. The van der Waals surface area contributed by atoms with E-state index >= 15 is 0 Å². The van der Waals surface area contributed by atoms with Crippen LogP contribution in [0.5, 0.6) is 0 Å². The molecule has 0 unspecified atom stereocenters. The fourth-order valence-corrected chi connectivity index (χ4v) is 4.53. The number of piperidine rings is 1. The van der Waals surface area contributed by atoms with Gasteiger partial charge in [0.1, 0.15) is 5.82 Å². The topological polar surface area (TPSA) is 52.4 Å². The number of hydrogen-bond donors (Lipinski definition) is 0. The molecule has 0 radical (unpaired) electrons. The lowest BCUT2D eigenvalue weighted by atomic mass is 9.93. The van der Waals surface area contributed by atoms with Crippen LogP contribution in [0.4, 0.5) is 0 Å². The minimum Gasteiger partial charge on any atom is -0.381 e. The van der Waals surface area contributed by atoms with Gasteiger partial charge in [-0.15, -0.1) is 0 Å². The zero-order valence-electron chi connectivity index (χ0n) is 15.5. The molecule has 0 aromatic carbocycles. The Labute approximate surface area is 150 Å². The van der Waals surface area contributed by atoms with Gasteiger partial charge in [-0.05, 0) is 51.6 Å². The number of ether oxygens (including phenoxy) is 2. The predicted molar refractivity (Wildman–Crippen MR) is 95.9 cm³/mol. The van der Waals surface area contributed by atoms with Crippen molar-refractivity contribution in [2.75, 3.05) is 39.5 Å². The standard InChI is InChI=1S/C19H32N4O2/c1-2-8-23-19(20-18(21-23)16-5-11-25-14-16)15-3-9-22(10-4-15)17-6-12-24-13-7-17/h15-17H,2-14H2,1H3/t16-/m0/s1. The summed E-state index contributed by atoms with van der Waals surface area (Å²) in [6, 6.07) is 0.731. The van der Waals surface area contributed by atoms with Crippen molar-refractivity contribution >= 4 is 0 Å². The van der Waals surface area contributed by atoms with Gasteiger partial charge in [-0.2, -0.15) is 5.10 Å². The highest BCUT2D eigenvalue weighted by molar-refractivity contribution is 5.07. The lowest BCUT2D eigenvalue weighted by molar-refractivity contribution is 0.0247. The van der Waals surface area contributed by atoms with E-state index in [2.05, 4.69) is 16.5 Å². The van der Waals surface area contributed by atoms with E-state index in [1.807, 2.05) is 0 Å². The Bertz CT molecular complexity index is 542. The van der Waals surface area contributed by atoms with Crippen LogP contribution in [-0.4, -0.2) is 65.2 Å². The lowest BCUT2D eigenvalue weighted by Gasteiger charge is -2.39. The molecule has 4 heterocycles. The first-order chi connectivity index (χ1) is 12.3. The van der Waals surface area contributed by atoms with Crippen molar-refractivity contribution in [1.29, 1.82) is 0 Å². The summed E-state index contributed by atoms with van der Waals surface area (Å²) in [5.74, 6) is 3.22. The maximum absolute atomic E-state index is 5.54. The monoisotopic (exact) mass is 348 g/mol. The first kappa shape index (κ1) is 17.4. The van der Waals surface area contributed by atoms with Gasteiger partial charge in [0.15, 0.2) is 5.82 Å². The van der Waals surface area contributed by atoms with Crippen LogP contribution in [0, 0.1) is 0 Å². The van der Waals surface area contributed by atoms with Gasteiger partial charge in [0.2, 0.25) is 0 Å². The summed E-state index contributed by atoms with van der Waals surface area (Å²) in [6.45, 7) is 9.09. The van der Waals surface area contributed by atoms with Crippen molar-refractivity contribution in [3.05, 3.63) is 11.6 Å². The van der Waals surface area contributed by atoms with E-state index in [-0.39, 0.29) is 0 Å². The molecule has 1 aromatic heterocycles. The van der Waals surface area contributed by atoms with E-state index in [1.54, 1.807) is 0 Å². The van der Waals surface area contributed by atoms with E-state index in [9.17, 15) is 0 Å². The zero-order valence-corrected chi connectivity index (χ0v) is 15.5. The van der Waals surface area contributed by atoms with Gasteiger partial charge in [-0.25, -0.2) is 9.67 Å².